The normalized spacial score (nSPS) is 13.1. The number of hydrogen-bond acceptors (Lipinski definition) is 3. The van der Waals surface area contributed by atoms with Gasteiger partial charge in [-0.05, 0) is 29.7 Å². The van der Waals surface area contributed by atoms with Gasteiger partial charge in [0.25, 0.3) is 0 Å². The van der Waals surface area contributed by atoms with Crippen LogP contribution >= 0.6 is 11.8 Å². The molecule has 2 rings (SSSR count). The van der Waals surface area contributed by atoms with Crippen molar-refractivity contribution in [1.82, 2.24) is 4.98 Å². The van der Waals surface area contributed by atoms with Crippen LogP contribution in [0, 0.1) is 5.92 Å². The largest absolute Gasteiger partial charge is 0.398 e. The van der Waals surface area contributed by atoms with Crippen LogP contribution in [0.4, 0.5) is 5.69 Å². The molecule has 0 fully saturated rings. The molecule has 1 aromatic carbocycles. The van der Waals surface area contributed by atoms with Crippen LogP contribution < -0.4 is 5.73 Å². The number of nitrogens with zero attached hydrogens (tertiary/aromatic N) is 1. The van der Waals surface area contributed by atoms with Gasteiger partial charge in [0.1, 0.15) is 0 Å². The molecule has 1 atom stereocenters. The predicted octanol–water partition coefficient (Wildman–Crippen LogP) is 4.09. The highest BCUT2D eigenvalue weighted by Crippen LogP contribution is 2.28. The zero-order chi connectivity index (χ0) is 13.1. The first-order chi connectivity index (χ1) is 8.59. The fraction of sp³-hybridized carbons (Fsp3) is 0.400. The molecule has 0 saturated carbocycles. The van der Waals surface area contributed by atoms with Crippen molar-refractivity contribution in [3.8, 4) is 0 Å². The summed E-state index contributed by atoms with van der Waals surface area (Å²) in [6.45, 7) is 6.80. The van der Waals surface area contributed by atoms with E-state index in [0.29, 0.717) is 11.2 Å². The Morgan fingerprint density at radius 3 is 2.72 bits per heavy atom. The number of pyridine rings is 1. The van der Waals surface area contributed by atoms with Crippen molar-refractivity contribution in [2.75, 3.05) is 5.73 Å². The number of aromatic nitrogens is 1. The molecule has 0 spiro atoms. The lowest BCUT2D eigenvalue weighted by atomic mass is 10.1. The molecule has 96 valence electrons. The van der Waals surface area contributed by atoms with E-state index in [1.807, 2.05) is 36.2 Å². The third kappa shape index (κ3) is 2.78. The van der Waals surface area contributed by atoms with Crippen molar-refractivity contribution in [3.63, 3.8) is 0 Å². The second-order valence-corrected chi connectivity index (χ2v) is 6.34. The van der Waals surface area contributed by atoms with E-state index in [4.69, 9.17) is 5.73 Å². The Kier molecular flexibility index (Phi) is 4.12. The molecule has 2 nitrogen and oxygen atoms in total. The van der Waals surface area contributed by atoms with E-state index in [1.165, 1.54) is 5.56 Å². The minimum Gasteiger partial charge on any atom is -0.398 e. The summed E-state index contributed by atoms with van der Waals surface area (Å²) in [7, 11) is 0. The maximum Gasteiger partial charge on any atom is 0.0763 e. The lowest BCUT2D eigenvalue weighted by Gasteiger charge is -2.15. The minimum absolute atomic E-state index is 0.654. The minimum atomic E-state index is 0.654. The van der Waals surface area contributed by atoms with Gasteiger partial charge in [0.15, 0.2) is 0 Å². The van der Waals surface area contributed by atoms with Gasteiger partial charge in [-0.15, -0.1) is 0 Å². The molecule has 0 aliphatic rings. The van der Waals surface area contributed by atoms with Gasteiger partial charge < -0.3 is 5.73 Å². The van der Waals surface area contributed by atoms with Crippen LogP contribution in [0.5, 0.6) is 0 Å². The Morgan fingerprint density at radius 1 is 1.22 bits per heavy atom. The molecule has 0 saturated heterocycles. The Labute approximate surface area is 113 Å². The molecular weight excluding hydrogens is 240 g/mol. The Balaban J connectivity index is 2.26. The van der Waals surface area contributed by atoms with Gasteiger partial charge in [-0.3, -0.25) is 4.98 Å². The SMILES string of the molecule is CC(C)C(C)SCc1ccc(N)c2cccnc12. The number of nitrogens with two attached hydrogens (primary N) is 1. The summed E-state index contributed by atoms with van der Waals surface area (Å²) in [5.41, 5.74) is 9.11. The van der Waals surface area contributed by atoms with Crippen LogP contribution in [0.15, 0.2) is 30.5 Å². The molecule has 1 aromatic heterocycles. The number of benzene rings is 1. The number of rotatable bonds is 4. The number of fused-ring (bicyclic) bond motifs is 1. The topological polar surface area (TPSA) is 38.9 Å². The molecule has 2 aromatic rings. The average Bonchev–Trinajstić information content (AvgIpc) is 2.38. The molecule has 0 radical (unpaired) electrons. The maximum absolute atomic E-state index is 5.98. The molecule has 2 N–H and O–H groups in total. The highest BCUT2D eigenvalue weighted by Gasteiger charge is 2.10. The molecular formula is C15H20N2S. The second-order valence-electron chi connectivity index (χ2n) is 4.97. The zero-order valence-electron chi connectivity index (χ0n) is 11.2. The quantitative estimate of drug-likeness (QED) is 0.841. The Bertz CT molecular complexity index is 537. The van der Waals surface area contributed by atoms with Gasteiger partial charge in [0.2, 0.25) is 0 Å². The van der Waals surface area contributed by atoms with Crippen molar-refractivity contribution >= 4 is 28.4 Å². The first-order valence-electron chi connectivity index (χ1n) is 6.33. The summed E-state index contributed by atoms with van der Waals surface area (Å²) < 4.78 is 0. The first-order valence-corrected chi connectivity index (χ1v) is 7.38. The fourth-order valence-corrected chi connectivity index (χ4v) is 2.84. The van der Waals surface area contributed by atoms with Gasteiger partial charge in [-0.25, -0.2) is 0 Å². The van der Waals surface area contributed by atoms with Crippen LogP contribution in [-0.2, 0) is 5.75 Å². The van der Waals surface area contributed by atoms with E-state index in [9.17, 15) is 0 Å². The standard InChI is InChI=1S/C15H20N2S/c1-10(2)11(3)18-9-12-6-7-14(16)13-5-4-8-17-15(12)13/h4-8,10-11H,9,16H2,1-3H3. The van der Waals surface area contributed by atoms with Crippen LogP contribution in [0.2, 0.25) is 0 Å². The summed E-state index contributed by atoms with van der Waals surface area (Å²) in [4.78, 5) is 4.47. The van der Waals surface area contributed by atoms with E-state index in [0.717, 1.165) is 22.3 Å². The van der Waals surface area contributed by atoms with E-state index in [1.54, 1.807) is 0 Å². The van der Waals surface area contributed by atoms with Crippen LogP contribution in [0.3, 0.4) is 0 Å². The lowest BCUT2D eigenvalue weighted by Crippen LogP contribution is -2.06. The van der Waals surface area contributed by atoms with Crippen molar-refractivity contribution in [2.24, 2.45) is 5.92 Å². The summed E-state index contributed by atoms with van der Waals surface area (Å²) >= 11 is 1.98. The number of anilines is 1. The third-order valence-corrected chi connectivity index (χ3v) is 4.88. The molecule has 0 aliphatic heterocycles. The molecule has 3 heteroatoms. The van der Waals surface area contributed by atoms with E-state index in [2.05, 4.69) is 31.8 Å². The third-order valence-electron chi connectivity index (χ3n) is 3.33. The number of nitrogen functional groups attached to an aromatic ring is 1. The van der Waals surface area contributed by atoms with Crippen LogP contribution in [0.25, 0.3) is 10.9 Å². The number of hydrogen-bond donors (Lipinski definition) is 1. The smallest absolute Gasteiger partial charge is 0.0763 e. The van der Waals surface area contributed by atoms with Crippen LogP contribution in [0.1, 0.15) is 26.3 Å². The van der Waals surface area contributed by atoms with Gasteiger partial charge in [-0.1, -0.05) is 26.8 Å². The summed E-state index contributed by atoms with van der Waals surface area (Å²) in [5.74, 6) is 1.69. The highest BCUT2D eigenvalue weighted by molar-refractivity contribution is 7.99. The molecule has 1 unspecified atom stereocenters. The summed E-state index contributed by atoms with van der Waals surface area (Å²) in [6.07, 6.45) is 1.84. The van der Waals surface area contributed by atoms with Gasteiger partial charge >= 0.3 is 0 Å². The van der Waals surface area contributed by atoms with E-state index < -0.39 is 0 Å². The Hall–Kier alpha value is -1.22. The molecule has 18 heavy (non-hydrogen) atoms. The first kappa shape index (κ1) is 13.2. The molecule has 0 bridgehead atoms. The second kappa shape index (κ2) is 5.61. The molecule has 0 aliphatic carbocycles. The van der Waals surface area contributed by atoms with Gasteiger partial charge in [-0.2, -0.15) is 11.8 Å². The Morgan fingerprint density at radius 2 is 2.00 bits per heavy atom. The highest BCUT2D eigenvalue weighted by atomic mass is 32.2. The van der Waals surface area contributed by atoms with E-state index in [-0.39, 0.29) is 0 Å². The summed E-state index contributed by atoms with van der Waals surface area (Å²) in [5, 5.41) is 1.72. The van der Waals surface area contributed by atoms with Crippen molar-refractivity contribution in [1.29, 1.82) is 0 Å². The average molecular weight is 260 g/mol. The zero-order valence-corrected chi connectivity index (χ0v) is 12.0. The lowest BCUT2D eigenvalue weighted by molar-refractivity contribution is 0.642. The molecule has 0 amide bonds. The molecule has 1 heterocycles. The van der Waals surface area contributed by atoms with Crippen LogP contribution in [-0.4, -0.2) is 10.2 Å². The van der Waals surface area contributed by atoms with Gasteiger partial charge in [0.05, 0.1) is 5.52 Å². The summed E-state index contributed by atoms with van der Waals surface area (Å²) in [6, 6.07) is 8.06. The fourth-order valence-electron chi connectivity index (χ4n) is 1.78. The maximum atomic E-state index is 5.98. The van der Waals surface area contributed by atoms with Crippen molar-refractivity contribution < 1.29 is 0 Å². The van der Waals surface area contributed by atoms with Crippen molar-refractivity contribution in [3.05, 3.63) is 36.0 Å². The number of thioether (sulfide) groups is 1. The van der Waals surface area contributed by atoms with Crippen molar-refractivity contribution in [2.45, 2.75) is 31.8 Å². The van der Waals surface area contributed by atoms with E-state index >= 15 is 0 Å². The van der Waals surface area contributed by atoms with Gasteiger partial charge in [0, 0.05) is 28.3 Å². The monoisotopic (exact) mass is 260 g/mol. The predicted molar refractivity (Wildman–Crippen MR) is 81.8 cm³/mol.